The van der Waals surface area contributed by atoms with E-state index in [1.165, 1.54) is 6.26 Å². The van der Waals surface area contributed by atoms with E-state index < -0.39 is 6.17 Å². The smallest absolute Gasteiger partial charge is 0.317 e. The maximum absolute atomic E-state index is 12.9. The van der Waals surface area contributed by atoms with Crippen LogP contribution in [0.1, 0.15) is 16.7 Å². The van der Waals surface area contributed by atoms with Crippen molar-refractivity contribution in [3.8, 4) is 11.7 Å². The van der Waals surface area contributed by atoms with Crippen molar-refractivity contribution in [3.63, 3.8) is 0 Å². The van der Waals surface area contributed by atoms with Crippen LogP contribution in [0.25, 0.3) is 11.7 Å². The Labute approximate surface area is 166 Å². The van der Waals surface area contributed by atoms with Gasteiger partial charge in [-0.1, -0.05) is 59.7 Å². The minimum Gasteiger partial charge on any atom is -0.459 e. The van der Waals surface area contributed by atoms with Gasteiger partial charge in [0, 0.05) is 17.5 Å². The molecule has 7 heteroatoms. The first-order chi connectivity index (χ1) is 14.3. The monoisotopic (exact) mass is 384 g/mol. The fourth-order valence-electron chi connectivity index (χ4n) is 3.30. The van der Waals surface area contributed by atoms with E-state index in [1.807, 2.05) is 54.6 Å². The van der Waals surface area contributed by atoms with E-state index in [4.69, 9.17) is 13.8 Å². The molecule has 1 aliphatic rings. The summed E-state index contributed by atoms with van der Waals surface area (Å²) in [5, 5.41) is 10.9. The van der Waals surface area contributed by atoms with Gasteiger partial charge in [0.15, 0.2) is 17.7 Å². The molecule has 0 saturated heterocycles. The van der Waals surface area contributed by atoms with Crippen LogP contribution in [-0.2, 0) is 11.2 Å². The lowest BCUT2D eigenvalue weighted by Gasteiger charge is -2.11. The molecule has 29 heavy (non-hydrogen) atoms. The van der Waals surface area contributed by atoms with Gasteiger partial charge in [0.25, 0.3) is 5.89 Å². The van der Waals surface area contributed by atoms with Crippen LogP contribution in [0.5, 0.6) is 0 Å². The van der Waals surface area contributed by atoms with Gasteiger partial charge in [0.05, 0.1) is 12.0 Å². The van der Waals surface area contributed by atoms with Gasteiger partial charge in [-0.2, -0.15) is 0 Å². The first kappa shape index (κ1) is 17.1. The SMILES string of the molecule is O=C1Cc2ccccc2C(c2ccccc2)=N[C@H]1Nc1nnc(-c2ccco2)o1. The van der Waals surface area contributed by atoms with Crippen LogP contribution in [0.3, 0.4) is 0 Å². The standard InChI is InChI=1S/C22H16N4O3/c27-17-13-15-9-4-5-10-16(15)19(14-7-2-1-3-8-14)23-20(17)24-22-26-25-21(29-22)18-11-6-12-28-18/h1-12,20H,13H2,(H,24,26)/t20-/m0/s1. The van der Waals surface area contributed by atoms with Gasteiger partial charge in [-0.05, 0) is 17.7 Å². The van der Waals surface area contributed by atoms with Crippen molar-refractivity contribution in [3.05, 3.63) is 89.7 Å². The lowest BCUT2D eigenvalue weighted by molar-refractivity contribution is -0.119. The number of carbonyl (C=O) groups is 1. The third kappa shape index (κ3) is 3.34. The fraction of sp³-hybridized carbons (Fsp3) is 0.0909. The lowest BCUT2D eigenvalue weighted by Crippen LogP contribution is -2.29. The number of nitrogens with zero attached hydrogens (tertiary/aromatic N) is 3. The van der Waals surface area contributed by atoms with Gasteiger partial charge in [-0.15, -0.1) is 5.10 Å². The quantitative estimate of drug-likeness (QED) is 0.576. The van der Waals surface area contributed by atoms with Gasteiger partial charge in [0.1, 0.15) is 0 Å². The number of carbonyl (C=O) groups excluding carboxylic acids is 1. The highest BCUT2D eigenvalue weighted by molar-refractivity contribution is 6.16. The van der Waals surface area contributed by atoms with Crippen LogP contribution in [-0.4, -0.2) is 27.9 Å². The molecule has 0 aliphatic carbocycles. The van der Waals surface area contributed by atoms with Gasteiger partial charge >= 0.3 is 6.01 Å². The number of benzene rings is 2. The molecule has 0 fully saturated rings. The minimum absolute atomic E-state index is 0.0823. The predicted molar refractivity (Wildman–Crippen MR) is 107 cm³/mol. The van der Waals surface area contributed by atoms with E-state index in [9.17, 15) is 4.79 Å². The van der Waals surface area contributed by atoms with Gasteiger partial charge in [-0.3, -0.25) is 9.79 Å². The molecule has 0 saturated carbocycles. The van der Waals surface area contributed by atoms with E-state index in [-0.39, 0.29) is 24.1 Å². The second-order valence-corrected chi connectivity index (χ2v) is 6.58. The Morgan fingerprint density at radius 2 is 1.76 bits per heavy atom. The van der Waals surface area contributed by atoms with Crippen LogP contribution < -0.4 is 5.32 Å². The van der Waals surface area contributed by atoms with Crippen molar-refractivity contribution in [2.75, 3.05) is 5.32 Å². The van der Waals surface area contributed by atoms with E-state index in [0.29, 0.717) is 5.76 Å². The summed E-state index contributed by atoms with van der Waals surface area (Å²) in [5.41, 5.74) is 3.56. The molecule has 3 heterocycles. The molecule has 1 atom stereocenters. The molecule has 4 aromatic rings. The van der Waals surface area contributed by atoms with Gasteiger partial charge < -0.3 is 14.2 Å². The zero-order valence-corrected chi connectivity index (χ0v) is 15.3. The van der Waals surface area contributed by atoms with Crippen LogP contribution in [0, 0.1) is 0 Å². The maximum atomic E-state index is 12.9. The molecule has 2 aromatic carbocycles. The molecule has 2 aromatic heterocycles. The average molecular weight is 384 g/mol. The molecule has 1 N–H and O–H groups in total. The Morgan fingerprint density at radius 3 is 2.59 bits per heavy atom. The first-order valence-corrected chi connectivity index (χ1v) is 9.16. The number of anilines is 1. The maximum Gasteiger partial charge on any atom is 0.317 e. The molecular weight excluding hydrogens is 368 g/mol. The number of ketones is 1. The molecular formula is C22H16N4O3. The summed E-state index contributed by atoms with van der Waals surface area (Å²) >= 11 is 0. The number of Topliss-reactive ketones (excluding diaryl/α,β-unsaturated/α-hetero) is 1. The zero-order chi connectivity index (χ0) is 19.6. The van der Waals surface area contributed by atoms with Crippen LogP contribution in [0.2, 0.25) is 0 Å². The Bertz CT molecular complexity index is 1180. The van der Waals surface area contributed by atoms with Crippen LogP contribution in [0.15, 0.2) is 86.8 Å². The Balaban J connectivity index is 1.52. The molecule has 0 bridgehead atoms. The summed E-state index contributed by atoms with van der Waals surface area (Å²) in [4.78, 5) is 17.7. The molecule has 0 unspecified atom stereocenters. The van der Waals surface area contributed by atoms with Crippen molar-refractivity contribution in [1.82, 2.24) is 10.2 Å². The summed E-state index contributed by atoms with van der Waals surface area (Å²) in [5.74, 6) is 0.605. The normalized spacial score (nSPS) is 16.1. The number of rotatable bonds is 4. The highest BCUT2D eigenvalue weighted by Crippen LogP contribution is 2.24. The molecule has 5 rings (SSSR count). The minimum atomic E-state index is -0.845. The molecule has 0 spiro atoms. The average Bonchev–Trinajstić information content (AvgIpc) is 3.42. The van der Waals surface area contributed by atoms with Crippen molar-refractivity contribution in [2.45, 2.75) is 12.6 Å². The summed E-state index contributed by atoms with van der Waals surface area (Å²) in [7, 11) is 0. The molecule has 0 amide bonds. The third-order valence-corrected chi connectivity index (χ3v) is 4.66. The van der Waals surface area contributed by atoms with E-state index in [0.717, 1.165) is 22.4 Å². The Kier molecular flexibility index (Phi) is 4.25. The number of nitrogens with one attached hydrogen (secondary N) is 1. The highest BCUT2D eigenvalue weighted by Gasteiger charge is 2.27. The molecule has 7 nitrogen and oxygen atoms in total. The van der Waals surface area contributed by atoms with Crippen molar-refractivity contribution >= 4 is 17.5 Å². The number of furan rings is 1. The number of aliphatic imine (C=N–C) groups is 1. The highest BCUT2D eigenvalue weighted by atomic mass is 16.4. The summed E-state index contributed by atoms with van der Waals surface area (Å²) in [6.07, 6.45) is 0.935. The summed E-state index contributed by atoms with van der Waals surface area (Å²) in [6.45, 7) is 0. The fourth-order valence-corrected chi connectivity index (χ4v) is 3.30. The Hall–Kier alpha value is -4.00. The van der Waals surface area contributed by atoms with Crippen LogP contribution in [0.4, 0.5) is 6.01 Å². The first-order valence-electron chi connectivity index (χ1n) is 9.16. The third-order valence-electron chi connectivity index (χ3n) is 4.66. The number of hydrogen-bond acceptors (Lipinski definition) is 7. The second kappa shape index (κ2) is 7.20. The zero-order valence-electron chi connectivity index (χ0n) is 15.3. The van der Waals surface area contributed by atoms with E-state index in [1.54, 1.807) is 12.1 Å². The van der Waals surface area contributed by atoms with Crippen molar-refractivity contribution in [2.24, 2.45) is 4.99 Å². The number of hydrogen-bond donors (Lipinski definition) is 1. The second-order valence-electron chi connectivity index (χ2n) is 6.58. The van der Waals surface area contributed by atoms with Gasteiger partial charge in [0.2, 0.25) is 0 Å². The number of fused-ring (bicyclic) bond motifs is 1. The predicted octanol–water partition coefficient (Wildman–Crippen LogP) is 3.73. The van der Waals surface area contributed by atoms with E-state index in [2.05, 4.69) is 15.5 Å². The largest absolute Gasteiger partial charge is 0.459 e. The van der Waals surface area contributed by atoms with Gasteiger partial charge in [-0.25, -0.2) is 0 Å². The van der Waals surface area contributed by atoms with Crippen molar-refractivity contribution in [1.29, 1.82) is 0 Å². The van der Waals surface area contributed by atoms with Crippen LogP contribution >= 0.6 is 0 Å². The molecule has 0 radical (unpaired) electrons. The number of aromatic nitrogens is 2. The summed E-state index contributed by atoms with van der Waals surface area (Å²) in [6, 6.07) is 21.2. The topological polar surface area (TPSA) is 93.5 Å². The summed E-state index contributed by atoms with van der Waals surface area (Å²) < 4.78 is 10.9. The molecule has 142 valence electrons. The van der Waals surface area contributed by atoms with Crippen molar-refractivity contribution < 1.29 is 13.6 Å². The molecule has 1 aliphatic heterocycles. The lowest BCUT2D eigenvalue weighted by atomic mass is 9.96. The van der Waals surface area contributed by atoms with E-state index >= 15 is 0 Å². The Morgan fingerprint density at radius 1 is 0.931 bits per heavy atom.